The Labute approximate surface area is 179 Å². The summed E-state index contributed by atoms with van der Waals surface area (Å²) in [6.45, 7) is 5.25. The van der Waals surface area contributed by atoms with Crippen molar-refractivity contribution in [2.75, 3.05) is 33.7 Å². The molecule has 148 valence electrons. The maximum atomic E-state index is 12.1. The molecule has 1 aromatic carbocycles. The van der Waals surface area contributed by atoms with E-state index in [4.69, 9.17) is 0 Å². The number of nitrogens with zero attached hydrogens (tertiary/aromatic N) is 3. The summed E-state index contributed by atoms with van der Waals surface area (Å²) < 4.78 is 2.13. The van der Waals surface area contributed by atoms with Crippen LogP contribution in [0.4, 0.5) is 0 Å². The van der Waals surface area contributed by atoms with E-state index in [0.29, 0.717) is 12.1 Å². The van der Waals surface area contributed by atoms with E-state index in [9.17, 15) is 4.79 Å². The molecule has 27 heavy (non-hydrogen) atoms. The van der Waals surface area contributed by atoms with Gasteiger partial charge >= 0.3 is 0 Å². The number of aliphatic imine (C=N–C) groups is 1. The number of rotatable bonds is 8. The Morgan fingerprint density at radius 3 is 2.56 bits per heavy atom. The lowest BCUT2D eigenvalue weighted by Crippen LogP contribution is -2.39. The Morgan fingerprint density at radius 2 is 1.89 bits per heavy atom. The molecule has 0 radical (unpaired) electrons. The fourth-order valence-corrected chi connectivity index (χ4v) is 2.58. The minimum absolute atomic E-state index is 0. The maximum absolute atomic E-state index is 12.1. The Bertz CT molecular complexity index is 713. The number of carbonyl (C=O) groups is 1. The van der Waals surface area contributed by atoms with E-state index < -0.39 is 0 Å². The van der Waals surface area contributed by atoms with Crippen LogP contribution in [0.1, 0.15) is 22.8 Å². The number of hydrogen-bond acceptors (Lipinski definition) is 2. The minimum atomic E-state index is 0. The Hall–Kier alpha value is -2.03. The van der Waals surface area contributed by atoms with Crippen LogP contribution in [-0.4, -0.2) is 55.1 Å². The van der Waals surface area contributed by atoms with Crippen LogP contribution >= 0.6 is 24.0 Å². The van der Waals surface area contributed by atoms with Gasteiger partial charge in [-0.3, -0.25) is 9.79 Å². The molecule has 1 heterocycles. The number of amides is 1. The molecule has 0 spiro atoms. The van der Waals surface area contributed by atoms with Crippen molar-refractivity contribution in [3.8, 4) is 0 Å². The van der Waals surface area contributed by atoms with Crippen molar-refractivity contribution in [3.63, 3.8) is 0 Å². The Kier molecular flexibility index (Phi) is 10.5. The second kappa shape index (κ2) is 12.4. The van der Waals surface area contributed by atoms with E-state index in [0.717, 1.165) is 37.6 Å². The molecule has 1 aromatic heterocycles. The lowest BCUT2D eigenvalue weighted by Gasteiger charge is -2.12. The molecule has 0 aliphatic carbocycles. The van der Waals surface area contributed by atoms with Crippen LogP contribution in [0.25, 0.3) is 0 Å². The van der Waals surface area contributed by atoms with Crippen LogP contribution in [0.5, 0.6) is 0 Å². The third-order valence-corrected chi connectivity index (χ3v) is 3.92. The molecule has 0 fully saturated rings. The molecule has 6 nitrogen and oxygen atoms in total. The van der Waals surface area contributed by atoms with Gasteiger partial charge in [0.05, 0.1) is 0 Å². The van der Waals surface area contributed by atoms with E-state index in [2.05, 4.69) is 27.1 Å². The summed E-state index contributed by atoms with van der Waals surface area (Å²) in [5, 5.41) is 6.61. The highest BCUT2D eigenvalue weighted by molar-refractivity contribution is 14.0. The second-order valence-electron chi connectivity index (χ2n) is 6.26. The van der Waals surface area contributed by atoms with Crippen LogP contribution in [0.2, 0.25) is 0 Å². The number of guanidine groups is 1. The molecule has 0 unspecified atom stereocenters. The summed E-state index contributed by atoms with van der Waals surface area (Å²) in [6.07, 6.45) is 4.89. The number of carbonyl (C=O) groups excluding carboxylic acids is 1. The molecule has 7 heteroatoms. The number of nitrogens with one attached hydrogen (secondary N) is 2. The van der Waals surface area contributed by atoms with Crippen molar-refractivity contribution < 1.29 is 4.79 Å². The van der Waals surface area contributed by atoms with E-state index in [1.54, 1.807) is 19.0 Å². The maximum Gasteiger partial charge on any atom is 0.253 e. The highest BCUT2D eigenvalue weighted by atomic mass is 127. The average molecular weight is 483 g/mol. The van der Waals surface area contributed by atoms with E-state index >= 15 is 0 Å². The fourth-order valence-electron chi connectivity index (χ4n) is 2.58. The molecule has 1 amide bonds. The first kappa shape index (κ1) is 23.0. The standard InChI is InChI=1S/C20H29N5O.HI/c1-4-21-20(23-12-15-25-13-5-6-14-25)22-11-10-17-8-7-9-18(16-17)19(26)24(2)3;/h5-9,13-14,16H,4,10-12,15H2,1-3H3,(H2,21,22,23);1H. The van der Waals surface area contributed by atoms with Gasteiger partial charge in [0, 0.05) is 58.2 Å². The van der Waals surface area contributed by atoms with Gasteiger partial charge in [-0.15, -0.1) is 24.0 Å². The van der Waals surface area contributed by atoms with E-state index in [-0.39, 0.29) is 29.9 Å². The van der Waals surface area contributed by atoms with Crippen molar-refractivity contribution >= 4 is 35.8 Å². The molecular weight excluding hydrogens is 453 g/mol. The van der Waals surface area contributed by atoms with Gasteiger partial charge in [-0.05, 0) is 43.2 Å². The molecule has 2 N–H and O–H groups in total. The smallest absolute Gasteiger partial charge is 0.253 e. The van der Waals surface area contributed by atoms with Gasteiger partial charge < -0.3 is 20.1 Å². The number of hydrogen-bond donors (Lipinski definition) is 2. The van der Waals surface area contributed by atoms with E-state index in [1.165, 1.54) is 0 Å². The van der Waals surface area contributed by atoms with Gasteiger partial charge in [0.1, 0.15) is 0 Å². The van der Waals surface area contributed by atoms with Crippen LogP contribution in [0.3, 0.4) is 0 Å². The molecule has 0 aliphatic heterocycles. The van der Waals surface area contributed by atoms with Crippen molar-refractivity contribution in [1.29, 1.82) is 0 Å². The van der Waals surface area contributed by atoms with Gasteiger partial charge in [0.25, 0.3) is 5.91 Å². The third-order valence-electron chi connectivity index (χ3n) is 3.92. The SMILES string of the molecule is CCNC(=NCCc1cccc(C(=O)N(C)C)c1)NCCn1cccc1.I. The van der Waals surface area contributed by atoms with E-state index in [1.807, 2.05) is 48.8 Å². The van der Waals surface area contributed by atoms with Gasteiger partial charge in [-0.2, -0.15) is 0 Å². The molecule has 0 aliphatic rings. The zero-order valence-electron chi connectivity index (χ0n) is 16.3. The largest absolute Gasteiger partial charge is 0.357 e. The summed E-state index contributed by atoms with van der Waals surface area (Å²) in [6, 6.07) is 11.8. The predicted octanol–water partition coefficient (Wildman–Crippen LogP) is 2.61. The summed E-state index contributed by atoms with van der Waals surface area (Å²) in [4.78, 5) is 18.3. The van der Waals surface area contributed by atoms with Gasteiger partial charge in [0.15, 0.2) is 5.96 Å². The molecule has 0 saturated heterocycles. The van der Waals surface area contributed by atoms with Crippen molar-refractivity contribution in [1.82, 2.24) is 20.1 Å². The first-order valence-corrected chi connectivity index (χ1v) is 9.03. The summed E-state index contributed by atoms with van der Waals surface area (Å²) in [5.41, 5.74) is 1.83. The van der Waals surface area contributed by atoms with Gasteiger partial charge in [0.2, 0.25) is 0 Å². The Balaban J connectivity index is 0.00000364. The first-order chi connectivity index (χ1) is 12.6. The highest BCUT2D eigenvalue weighted by Crippen LogP contribution is 2.08. The average Bonchev–Trinajstić information content (AvgIpc) is 3.14. The molecule has 0 bridgehead atoms. The number of aromatic nitrogens is 1. The summed E-state index contributed by atoms with van der Waals surface area (Å²) >= 11 is 0. The molecular formula is C20H30IN5O. The van der Waals surface area contributed by atoms with Crippen LogP contribution < -0.4 is 10.6 Å². The number of halogens is 1. The monoisotopic (exact) mass is 483 g/mol. The van der Waals surface area contributed by atoms with Gasteiger partial charge in [-0.1, -0.05) is 12.1 Å². The fraction of sp³-hybridized carbons (Fsp3) is 0.400. The van der Waals surface area contributed by atoms with Gasteiger partial charge in [-0.25, -0.2) is 0 Å². The van der Waals surface area contributed by atoms with Crippen LogP contribution in [0, 0.1) is 0 Å². The minimum Gasteiger partial charge on any atom is -0.357 e. The highest BCUT2D eigenvalue weighted by Gasteiger charge is 2.08. The van der Waals surface area contributed by atoms with Crippen LogP contribution in [-0.2, 0) is 13.0 Å². The summed E-state index contributed by atoms with van der Waals surface area (Å²) in [7, 11) is 3.53. The van der Waals surface area contributed by atoms with Crippen molar-refractivity contribution in [3.05, 3.63) is 59.9 Å². The second-order valence-corrected chi connectivity index (χ2v) is 6.26. The molecule has 2 rings (SSSR count). The quantitative estimate of drug-likeness (QED) is 0.345. The lowest BCUT2D eigenvalue weighted by molar-refractivity contribution is 0.0827. The Morgan fingerprint density at radius 1 is 1.15 bits per heavy atom. The lowest BCUT2D eigenvalue weighted by atomic mass is 10.1. The van der Waals surface area contributed by atoms with Crippen molar-refractivity contribution in [2.45, 2.75) is 19.9 Å². The van der Waals surface area contributed by atoms with Crippen molar-refractivity contribution in [2.24, 2.45) is 4.99 Å². The predicted molar refractivity (Wildman–Crippen MR) is 122 cm³/mol. The molecule has 0 saturated carbocycles. The zero-order valence-corrected chi connectivity index (χ0v) is 18.6. The topological polar surface area (TPSA) is 61.7 Å². The molecule has 2 aromatic rings. The first-order valence-electron chi connectivity index (χ1n) is 9.03. The zero-order chi connectivity index (χ0) is 18.8. The summed E-state index contributed by atoms with van der Waals surface area (Å²) in [5.74, 6) is 0.843. The number of benzene rings is 1. The molecule has 0 atom stereocenters. The normalized spacial score (nSPS) is 10.9. The van der Waals surface area contributed by atoms with Crippen LogP contribution in [0.15, 0.2) is 53.8 Å². The third kappa shape index (κ3) is 8.03.